The lowest BCUT2D eigenvalue weighted by atomic mass is 9.98. The number of nitrogens with zero attached hydrogens (tertiary/aromatic N) is 5. The molecule has 0 saturated carbocycles. The topological polar surface area (TPSA) is 74.2 Å². The lowest BCUT2D eigenvalue weighted by Gasteiger charge is -2.32. The summed E-state index contributed by atoms with van der Waals surface area (Å²) in [6, 6.07) is 5.76. The Morgan fingerprint density at radius 2 is 2.15 bits per heavy atom. The van der Waals surface area contributed by atoms with Crippen LogP contribution in [0.2, 0.25) is 0 Å². The van der Waals surface area contributed by atoms with E-state index >= 15 is 0 Å². The molecule has 1 amide bonds. The van der Waals surface area contributed by atoms with Gasteiger partial charge in [-0.05, 0) is 43.5 Å². The van der Waals surface area contributed by atoms with E-state index in [1.165, 1.54) is 0 Å². The average Bonchev–Trinajstić information content (AvgIpc) is 2.68. The zero-order valence-electron chi connectivity index (χ0n) is 15.2. The van der Waals surface area contributed by atoms with Crippen LogP contribution in [0.15, 0.2) is 43.0 Å². The Kier molecular flexibility index (Phi) is 6.49. The summed E-state index contributed by atoms with van der Waals surface area (Å²) in [4.78, 5) is 29.2. The first kappa shape index (κ1) is 18.3. The van der Waals surface area contributed by atoms with Gasteiger partial charge in [0.25, 0.3) is 0 Å². The van der Waals surface area contributed by atoms with Gasteiger partial charge in [0.2, 0.25) is 11.9 Å². The molecule has 0 aromatic carbocycles. The van der Waals surface area contributed by atoms with Crippen molar-refractivity contribution in [2.45, 2.75) is 19.4 Å². The molecule has 26 heavy (non-hydrogen) atoms. The first-order valence-corrected chi connectivity index (χ1v) is 9.07. The number of carbonyl (C=O) groups is 1. The highest BCUT2D eigenvalue weighted by Gasteiger charge is 2.22. The quantitative estimate of drug-likeness (QED) is 0.809. The van der Waals surface area contributed by atoms with Gasteiger partial charge in [0.15, 0.2) is 0 Å². The van der Waals surface area contributed by atoms with E-state index in [4.69, 9.17) is 0 Å². The van der Waals surface area contributed by atoms with Gasteiger partial charge in [-0.1, -0.05) is 6.07 Å². The van der Waals surface area contributed by atoms with Crippen molar-refractivity contribution in [3.63, 3.8) is 0 Å². The molecule has 1 saturated heterocycles. The van der Waals surface area contributed by atoms with E-state index in [1.54, 1.807) is 18.6 Å². The van der Waals surface area contributed by atoms with E-state index in [1.807, 2.05) is 36.3 Å². The zero-order chi connectivity index (χ0) is 18.2. The molecule has 1 aliphatic heterocycles. The van der Waals surface area contributed by atoms with Crippen LogP contribution in [0.25, 0.3) is 0 Å². The average molecular weight is 354 g/mol. The fraction of sp³-hybridized carbons (Fsp3) is 0.474. The van der Waals surface area contributed by atoms with Gasteiger partial charge in [0.05, 0.1) is 6.54 Å². The SMILES string of the molecule is CN(CC(=O)NC[C@H]1CCCN(c2ncccn2)C1)Cc1cccnc1. The van der Waals surface area contributed by atoms with Gasteiger partial charge in [-0.25, -0.2) is 9.97 Å². The third-order valence-electron chi connectivity index (χ3n) is 4.53. The lowest BCUT2D eigenvalue weighted by Crippen LogP contribution is -2.43. The van der Waals surface area contributed by atoms with Crippen molar-refractivity contribution in [3.8, 4) is 0 Å². The molecule has 0 radical (unpaired) electrons. The maximum absolute atomic E-state index is 12.2. The molecule has 138 valence electrons. The molecule has 1 N–H and O–H groups in total. The summed E-state index contributed by atoms with van der Waals surface area (Å²) in [7, 11) is 1.95. The number of aromatic nitrogens is 3. The summed E-state index contributed by atoms with van der Waals surface area (Å²) in [6.07, 6.45) is 9.34. The van der Waals surface area contributed by atoms with E-state index in [2.05, 4.69) is 25.2 Å². The molecule has 1 atom stereocenters. The highest BCUT2D eigenvalue weighted by atomic mass is 16.2. The molecule has 7 heteroatoms. The molecule has 0 aliphatic carbocycles. The predicted octanol–water partition coefficient (Wildman–Crippen LogP) is 1.34. The second-order valence-electron chi connectivity index (χ2n) is 6.84. The molecule has 3 heterocycles. The Morgan fingerprint density at radius 1 is 1.31 bits per heavy atom. The summed E-state index contributed by atoms with van der Waals surface area (Å²) in [5, 5.41) is 3.08. The van der Waals surface area contributed by atoms with Crippen LogP contribution >= 0.6 is 0 Å². The van der Waals surface area contributed by atoms with Crippen LogP contribution in [-0.2, 0) is 11.3 Å². The monoisotopic (exact) mass is 354 g/mol. The number of piperidine rings is 1. The fourth-order valence-corrected chi connectivity index (χ4v) is 3.29. The fourth-order valence-electron chi connectivity index (χ4n) is 3.29. The summed E-state index contributed by atoms with van der Waals surface area (Å²) in [6.45, 7) is 3.65. The molecule has 3 rings (SSSR count). The smallest absolute Gasteiger partial charge is 0.234 e. The number of anilines is 1. The van der Waals surface area contributed by atoms with Gasteiger partial charge in [-0.2, -0.15) is 0 Å². The van der Waals surface area contributed by atoms with Crippen molar-refractivity contribution >= 4 is 11.9 Å². The van der Waals surface area contributed by atoms with Gasteiger partial charge in [-0.3, -0.25) is 14.7 Å². The Labute approximate surface area is 154 Å². The normalized spacial score (nSPS) is 17.3. The van der Waals surface area contributed by atoms with Crippen LogP contribution in [0.1, 0.15) is 18.4 Å². The number of amides is 1. The van der Waals surface area contributed by atoms with E-state index in [-0.39, 0.29) is 5.91 Å². The first-order valence-electron chi connectivity index (χ1n) is 9.07. The van der Waals surface area contributed by atoms with Crippen molar-refractivity contribution in [2.24, 2.45) is 5.92 Å². The minimum Gasteiger partial charge on any atom is -0.355 e. The Bertz CT molecular complexity index is 681. The summed E-state index contributed by atoms with van der Waals surface area (Å²) < 4.78 is 0. The predicted molar refractivity (Wildman–Crippen MR) is 101 cm³/mol. The Balaban J connectivity index is 1.41. The van der Waals surface area contributed by atoms with Crippen molar-refractivity contribution in [1.82, 2.24) is 25.2 Å². The molecule has 0 spiro atoms. The molecule has 2 aromatic heterocycles. The molecule has 0 bridgehead atoms. The number of hydrogen-bond acceptors (Lipinski definition) is 6. The van der Waals surface area contributed by atoms with E-state index in [0.29, 0.717) is 25.6 Å². The van der Waals surface area contributed by atoms with Crippen LogP contribution in [0, 0.1) is 5.92 Å². The van der Waals surface area contributed by atoms with Crippen LogP contribution in [0.5, 0.6) is 0 Å². The number of hydrogen-bond donors (Lipinski definition) is 1. The number of likely N-dealkylation sites (N-methyl/N-ethyl adjacent to an activating group) is 1. The van der Waals surface area contributed by atoms with E-state index < -0.39 is 0 Å². The van der Waals surface area contributed by atoms with Crippen LogP contribution in [0.4, 0.5) is 5.95 Å². The van der Waals surface area contributed by atoms with Crippen LogP contribution in [0.3, 0.4) is 0 Å². The maximum Gasteiger partial charge on any atom is 0.234 e. The van der Waals surface area contributed by atoms with Gasteiger partial charge < -0.3 is 10.2 Å². The Morgan fingerprint density at radius 3 is 2.92 bits per heavy atom. The second-order valence-corrected chi connectivity index (χ2v) is 6.84. The zero-order valence-corrected chi connectivity index (χ0v) is 15.2. The van der Waals surface area contributed by atoms with Crippen molar-refractivity contribution in [2.75, 3.05) is 38.1 Å². The van der Waals surface area contributed by atoms with Crippen molar-refractivity contribution in [1.29, 1.82) is 0 Å². The molecular formula is C19H26N6O. The van der Waals surface area contributed by atoms with Gasteiger partial charge in [0, 0.05) is 51.0 Å². The molecule has 7 nitrogen and oxygen atoms in total. The van der Waals surface area contributed by atoms with Crippen LogP contribution < -0.4 is 10.2 Å². The van der Waals surface area contributed by atoms with Gasteiger partial charge in [-0.15, -0.1) is 0 Å². The number of pyridine rings is 1. The molecule has 1 fully saturated rings. The highest BCUT2D eigenvalue weighted by molar-refractivity contribution is 5.77. The lowest BCUT2D eigenvalue weighted by molar-refractivity contribution is -0.122. The second kappa shape index (κ2) is 9.24. The standard InChI is InChI=1S/C19H26N6O/c1-24(13-16-5-2-7-20-11-16)15-18(26)23-12-17-6-3-10-25(14-17)19-21-8-4-9-22-19/h2,4-5,7-9,11,17H,3,6,10,12-15H2,1H3,(H,23,26)/t17-/m1/s1. The molecular weight excluding hydrogens is 328 g/mol. The number of rotatable bonds is 7. The minimum absolute atomic E-state index is 0.0597. The van der Waals surface area contributed by atoms with E-state index in [9.17, 15) is 4.79 Å². The Hall–Kier alpha value is -2.54. The summed E-state index contributed by atoms with van der Waals surface area (Å²) >= 11 is 0. The third-order valence-corrected chi connectivity index (χ3v) is 4.53. The van der Waals surface area contributed by atoms with Gasteiger partial charge >= 0.3 is 0 Å². The molecule has 0 unspecified atom stereocenters. The number of nitrogens with one attached hydrogen (secondary N) is 1. The first-order chi connectivity index (χ1) is 12.7. The summed E-state index contributed by atoms with van der Waals surface area (Å²) in [5.41, 5.74) is 1.11. The molecule has 1 aliphatic rings. The van der Waals surface area contributed by atoms with Crippen molar-refractivity contribution in [3.05, 3.63) is 48.5 Å². The minimum atomic E-state index is 0.0597. The largest absolute Gasteiger partial charge is 0.355 e. The maximum atomic E-state index is 12.2. The van der Waals surface area contributed by atoms with Crippen molar-refractivity contribution < 1.29 is 4.79 Å². The third kappa shape index (κ3) is 5.49. The summed E-state index contributed by atoms with van der Waals surface area (Å²) in [5.74, 6) is 1.27. The van der Waals surface area contributed by atoms with Gasteiger partial charge in [0.1, 0.15) is 0 Å². The number of carbonyl (C=O) groups excluding carboxylic acids is 1. The molecule has 2 aromatic rings. The highest BCUT2D eigenvalue weighted by Crippen LogP contribution is 2.19. The van der Waals surface area contributed by atoms with Crippen LogP contribution in [-0.4, -0.2) is 59.0 Å². The van der Waals surface area contributed by atoms with E-state index in [0.717, 1.165) is 37.4 Å².